The third kappa shape index (κ3) is 2.93. The van der Waals surface area contributed by atoms with E-state index in [0.29, 0.717) is 5.56 Å². The van der Waals surface area contributed by atoms with E-state index in [1.165, 1.54) is 10.8 Å². The molecule has 0 unspecified atom stereocenters. The summed E-state index contributed by atoms with van der Waals surface area (Å²) in [6, 6.07) is 32.7. The highest BCUT2D eigenvalue weighted by molar-refractivity contribution is 6.10. The zero-order valence-electron chi connectivity index (χ0n) is 17.2. The number of para-hydroxylation sites is 1. The highest BCUT2D eigenvalue weighted by Crippen LogP contribution is 2.34. The van der Waals surface area contributed by atoms with E-state index in [1.807, 2.05) is 48.7 Å². The van der Waals surface area contributed by atoms with Crippen molar-refractivity contribution in [2.24, 2.45) is 0 Å². The molecule has 4 nitrogen and oxygen atoms in total. The van der Waals surface area contributed by atoms with Gasteiger partial charge in [0, 0.05) is 28.7 Å². The number of fused-ring (bicyclic) bond motifs is 3. The number of benzene rings is 3. The van der Waals surface area contributed by atoms with E-state index in [9.17, 15) is 4.79 Å². The largest absolute Gasteiger partial charge is 0.329 e. The Hall–Kier alpha value is -4.44. The van der Waals surface area contributed by atoms with E-state index in [1.54, 1.807) is 6.20 Å². The summed E-state index contributed by atoms with van der Waals surface area (Å²) >= 11 is 0. The minimum Gasteiger partial charge on any atom is -0.329 e. The Morgan fingerprint density at radius 1 is 0.656 bits per heavy atom. The van der Waals surface area contributed by atoms with Gasteiger partial charge in [-0.2, -0.15) is 0 Å². The predicted molar refractivity (Wildman–Crippen MR) is 130 cm³/mol. The summed E-state index contributed by atoms with van der Waals surface area (Å²) in [5.74, 6) is 0.889. The molecule has 0 aliphatic rings. The summed E-state index contributed by atoms with van der Waals surface area (Å²) in [6.07, 6.45) is 3.47. The van der Waals surface area contributed by atoms with E-state index in [4.69, 9.17) is 0 Å². The Bertz CT molecular complexity index is 1640. The van der Waals surface area contributed by atoms with Crippen LogP contribution in [0.3, 0.4) is 0 Å². The van der Waals surface area contributed by atoms with Gasteiger partial charge < -0.3 is 4.98 Å². The molecule has 0 saturated heterocycles. The molecule has 0 bridgehead atoms. The number of hydrogen-bond donors (Lipinski definition) is 1. The lowest BCUT2D eigenvalue weighted by atomic mass is 9.99. The number of H-pyrrole nitrogens is 1. The molecule has 3 aromatic heterocycles. The van der Waals surface area contributed by atoms with E-state index in [0.717, 1.165) is 33.5 Å². The number of hydrogen-bond acceptors (Lipinski definition) is 2. The van der Waals surface area contributed by atoms with E-state index in [-0.39, 0.29) is 5.56 Å². The first-order valence-corrected chi connectivity index (χ1v) is 10.5. The SMILES string of the molecule is O=c1[nH]cccc1-c1cccc(-c2ccc3c4ccccc4n(-c4ccccn4)c3c2)c1. The number of nitrogens with zero attached hydrogens (tertiary/aromatic N) is 2. The van der Waals surface area contributed by atoms with Gasteiger partial charge in [0.15, 0.2) is 0 Å². The average Bonchev–Trinajstić information content (AvgIpc) is 3.19. The van der Waals surface area contributed by atoms with Crippen LogP contribution in [-0.2, 0) is 0 Å². The van der Waals surface area contributed by atoms with Crippen molar-refractivity contribution in [3.8, 4) is 28.1 Å². The lowest BCUT2D eigenvalue weighted by molar-refractivity contribution is 1.08. The van der Waals surface area contributed by atoms with Crippen molar-refractivity contribution in [2.75, 3.05) is 0 Å². The van der Waals surface area contributed by atoms with Crippen LogP contribution in [-0.4, -0.2) is 14.5 Å². The van der Waals surface area contributed by atoms with Crippen LogP contribution in [0.15, 0.2) is 114 Å². The fourth-order valence-electron chi connectivity index (χ4n) is 4.40. The average molecular weight is 413 g/mol. The number of pyridine rings is 2. The van der Waals surface area contributed by atoms with Gasteiger partial charge >= 0.3 is 0 Å². The zero-order chi connectivity index (χ0) is 21.5. The highest BCUT2D eigenvalue weighted by Gasteiger charge is 2.14. The quantitative estimate of drug-likeness (QED) is 0.375. The molecule has 1 N–H and O–H groups in total. The molecule has 3 aromatic carbocycles. The Labute approximate surface area is 184 Å². The van der Waals surface area contributed by atoms with Gasteiger partial charge in [-0.15, -0.1) is 0 Å². The molecule has 0 spiro atoms. The van der Waals surface area contributed by atoms with Crippen LogP contribution < -0.4 is 5.56 Å². The van der Waals surface area contributed by atoms with Gasteiger partial charge in [0.25, 0.3) is 5.56 Å². The van der Waals surface area contributed by atoms with Gasteiger partial charge in [0.2, 0.25) is 0 Å². The minimum atomic E-state index is -0.0876. The Kier molecular flexibility index (Phi) is 4.22. The molecular formula is C28H19N3O. The van der Waals surface area contributed by atoms with Crippen molar-refractivity contribution in [3.05, 3.63) is 120 Å². The molecule has 3 heterocycles. The van der Waals surface area contributed by atoms with Crippen LogP contribution in [0.25, 0.3) is 49.9 Å². The summed E-state index contributed by atoms with van der Waals surface area (Å²) in [6.45, 7) is 0. The predicted octanol–water partition coefficient (Wildman–Crippen LogP) is 6.20. The summed E-state index contributed by atoms with van der Waals surface area (Å²) in [4.78, 5) is 19.6. The van der Waals surface area contributed by atoms with Crippen LogP contribution in [0.4, 0.5) is 0 Å². The Morgan fingerprint density at radius 3 is 2.34 bits per heavy atom. The first-order valence-electron chi connectivity index (χ1n) is 10.5. The molecule has 0 radical (unpaired) electrons. The molecule has 0 amide bonds. The van der Waals surface area contributed by atoms with Crippen LogP contribution >= 0.6 is 0 Å². The first-order chi connectivity index (χ1) is 15.8. The zero-order valence-corrected chi connectivity index (χ0v) is 17.2. The molecule has 6 rings (SSSR count). The number of aromatic amines is 1. The molecule has 0 aliphatic heterocycles. The summed E-state index contributed by atoms with van der Waals surface area (Å²) in [5.41, 5.74) is 5.86. The fraction of sp³-hybridized carbons (Fsp3) is 0. The molecule has 0 atom stereocenters. The molecule has 0 fully saturated rings. The van der Waals surface area contributed by atoms with Crippen LogP contribution in [0.1, 0.15) is 0 Å². The molecule has 152 valence electrons. The molecule has 4 heteroatoms. The normalized spacial score (nSPS) is 11.2. The standard InChI is InChI=1S/C28H19N3O/c32-28-22(10-6-16-30-28)21-8-5-7-19(17-21)20-13-14-24-23-9-1-2-11-25(23)31(26(24)18-20)27-12-3-4-15-29-27/h1-18H,(H,30,32). The fourth-order valence-corrected chi connectivity index (χ4v) is 4.40. The minimum absolute atomic E-state index is 0.0876. The van der Waals surface area contributed by atoms with Crippen molar-refractivity contribution < 1.29 is 0 Å². The monoisotopic (exact) mass is 413 g/mol. The van der Waals surface area contributed by atoms with Crippen LogP contribution in [0.2, 0.25) is 0 Å². The molecule has 0 aliphatic carbocycles. The maximum atomic E-state index is 12.3. The van der Waals surface area contributed by atoms with Crippen LogP contribution in [0.5, 0.6) is 0 Å². The molecule has 0 saturated carbocycles. The maximum absolute atomic E-state index is 12.3. The van der Waals surface area contributed by atoms with Crippen molar-refractivity contribution in [3.63, 3.8) is 0 Å². The Balaban J connectivity index is 1.58. The number of aromatic nitrogens is 3. The van der Waals surface area contributed by atoms with Crippen molar-refractivity contribution in [1.82, 2.24) is 14.5 Å². The summed E-state index contributed by atoms with van der Waals surface area (Å²) < 4.78 is 2.21. The Morgan fingerprint density at radius 2 is 1.47 bits per heavy atom. The van der Waals surface area contributed by atoms with Crippen molar-refractivity contribution in [2.45, 2.75) is 0 Å². The first kappa shape index (κ1) is 18.3. The van der Waals surface area contributed by atoms with Crippen LogP contribution in [0, 0.1) is 0 Å². The van der Waals surface area contributed by atoms with Gasteiger partial charge in [-0.1, -0.05) is 54.6 Å². The topological polar surface area (TPSA) is 50.7 Å². The van der Waals surface area contributed by atoms with Gasteiger partial charge in [-0.05, 0) is 59.2 Å². The molecule has 6 aromatic rings. The van der Waals surface area contributed by atoms with Crippen molar-refractivity contribution in [1.29, 1.82) is 0 Å². The third-order valence-electron chi connectivity index (χ3n) is 5.88. The smallest absolute Gasteiger partial charge is 0.255 e. The van der Waals surface area contributed by atoms with Gasteiger partial charge in [-0.25, -0.2) is 4.98 Å². The third-order valence-corrected chi connectivity index (χ3v) is 5.88. The van der Waals surface area contributed by atoms with Crippen molar-refractivity contribution >= 4 is 21.8 Å². The maximum Gasteiger partial charge on any atom is 0.255 e. The van der Waals surface area contributed by atoms with Gasteiger partial charge in [0.1, 0.15) is 5.82 Å². The molecule has 32 heavy (non-hydrogen) atoms. The van der Waals surface area contributed by atoms with E-state index in [2.05, 4.69) is 69.1 Å². The molecular weight excluding hydrogens is 394 g/mol. The van der Waals surface area contributed by atoms with Gasteiger partial charge in [-0.3, -0.25) is 9.36 Å². The van der Waals surface area contributed by atoms with Gasteiger partial charge in [0.05, 0.1) is 11.0 Å². The lowest BCUT2D eigenvalue weighted by Gasteiger charge is -2.09. The second kappa shape index (κ2) is 7.36. The van der Waals surface area contributed by atoms with E-state index >= 15 is 0 Å². The summed E-state index contributed by atoms with van der Waals surface area (Å²) in [5, 5.41) is 2.38. The second-order valence-corrected chi connectivity index (χ2v) is 7.77. The number of nitrogens with one attached hydrogen (secondary N) is 1. The number of rotatable bonds is 3. The lowest BCUT2D eigenvalue weighted by Crippen LogP contribution is -2.06. The summed E-state index contributed by atoms with van der Waals surface area (Å²) in [7, 11) is 0. The second-order valence-electron chi connectivity index (χ2n) is 7.77. The van der Waals surface area contributed by atoms with E-state index < -0.39 is 0 Å². The highest BCUT2D eigenvalue weighted by atomic mass is 16.1.